The molecule has 0 unspecified atom stereocenters. The van der Waals surface area contributed by atoms with Crippen LogP contribution in [0.5, 0.6) is 0 Å². The summed E-state index contributed by atoms with van der Waals surface area (Å²) in [7, 11) is 0. The van der Waals surface area contributed by atoms with E-state index in [2.05, 4.69) is 10.3 Å². The zero-order valence-corrected chi connectivity index (χ0v) is 19.0. The molecule has 0 radical (unpaired) electrons. The van der Waals surface area contributed by atoms with Crippen LogP contribution in [0, 0.1) is 26.7 Å². The number of fused-ring (bicyclic) bond motifs is 1. The molecule has 5 rings (SSSR count). The van der Waals surface area contributed by atoms with Gasteiger partial charge in [0, 0.05) is 42.3 Å². The number of imidazole rings is 1. The molecule has 1 aliphatic heterocycles. The quantitative estimate of drug-likeness (QED) is 0.492. The van der Waals surface area contributed by atoms with Crippen LogP contribution in [0.2, 0.25) is 0 Å². The number of hydrogen-bond acceptors (Lipinski definition) is 3. The van der Waals surface area contributed by atoms with Crippen LogP contribution < -0.4 is 10.2 Å². The van der Waals surface area contributed by atoms with E-state index in [-0.39, 0.29) is 24.2 Å². The highest BCUT2D eigenvalue weighted by molar-refractivity contribution is 6.03. The van der Waals surface area contributed by atoms with E-state index < -0.39 is 0 Å². The molecule has 0 bridgehead atoms. The van der Waals surface area contributed by atoms with Gasteiger partial charge >= 0.3 is 0 Å². The SMILES string of the molecule is Cc1ccn2cc(-c3ccc(NC(=O)[C@H]4CC(=O)N(c5ccc(C)c(C)c5)C4)cc3)nc2c1. The molecule has 1 aliphatic rings. The molecule has 6 heteroatoms. The lowest BCUT2D eigenvalue weighted by molar-refractivity contribution is -0.122. The summed E-state index contributed by atoms with van der Waals surface area (Å²) in [6.45, 7) is 6.51. The number of carbonyl (C=O) groups excluding carboxylic acids is 2. The Hall–Kier alpha value is -3.93. The summed E-state index contributed by atoms with van der Waals surface area (Å²) in [6, 6.07) is 17.7. The first-order valence-electron chi connectivity index (χ1n) is 11.1. The van der Waals surface area contributed by atoms with Crippen LogP contribution in [0.3, 0.4) is 0 Å². The fraction of sp³-hybridized carbons (Fsp3) is 0.222. The van der Waals surface area contributed by atoms with Crippen LogP contribution in [0.25, 0.3) is 16.9 Å². The number of aromatic nitrogens is 2. The van der Waals surface area contributed by atoms with E-state index in [0.29, 0.717) is 12.2 Å². The average Bonchev–Trinajstić information content (AvgIpc) is 3.39. The Morgan fingerprint density at radius 3 is 2.55 bits per heavy atom. The zero-order chi connectivity index (χ0) is 23.1. The van der Waals surface area contributed by atoms with E-state index >= 15 is 0 Å². The smallest absolute Gasteiger partial charge is 0.229 e. The first-order chi connectivity index (χ1) is 15.9. The van der Waals surface area contributed by atoms with Crippen molar-refractivity contribution in [1.29, 1.82) is 0 Å². The standard InChI is InChI=1S/C27H26N4O2/c1-17-10-11-30-16-24(29-25(30)12-17)20-5-7-22(8-6-20)28-27(33)21-14-26(32)31(15-21)23-9-4-18(2)19(3)13-23/h4-13,16,21H,14-15H2,1-3H3,(H,28,33)/t21-/m0/s1. The second kappa shape index (κ2) is 8.20. The molecule has 3 heterocycles. The van der Waals surface area contributed by atoms with Gasteiger partial charge in [-0.25, -0.2) is 4.98 Å². The minimum Gasteiger partial charge on any atom is -0.326 e. The number of pyridine rings is 1. The van der Waals surface area contributed by atoms with Crippen molar-refractivity contribution >= 4 is 28.8 Å². The molecule has 1 fully saturated rings. The van der Waals surface area contributed by atoms with Crippen LogP contribution in [-0.2, 0) is 9.59 Å². The average molecular weight is 439 g/mol. The highest BCUT2D eigenvalue weighted by Crippen LogP contribution is 2.28. The Balaban J connectivity index is 1.27. The first-order valence-corrected chi connectivity index (χ1v) is 11.1. The second-order valence-electron chi connectivity index (χ2n) is 8.84. The van der Waals surface area contributed by atoms with Crippen LogP contribution in [0.1, 0.15) is 23.1 Å². The lowest BCUT2D eigenvalue weighted by Crippen LogP contribution is -2.28. The molecule has 1 N–H and O–H groups in total. The van der Waals surface area contributed by atoms with E-state index in [1.807, 2.05) is 92.2 Å². The van der Waals surface area contributed by atoms with Crippen molar-refractivity contribution in [1.82, 2.24) is 9.38 Å². The van der Waals surface area contributed by atoms with Crippen molar-refractivity contribution in [2.45, 2.75) is 27.2 Å². The number of nitrogens with zero attached hydrogens (tertiary/aromatic N) is 3. The Bertz CT molecular complexity index is 1370. The topological polar surface area (TPSA) is 66.7 Å². The predicted octanol–water partition coefficient (Wildman–Crippen LogP) is 4.92. The van der Waals surface area contributed by atoms with E-state index in [0.717, 1.165) is 28.2 Å². The van der Waals surface area contributed by atoms with Gasteiger partial charge in [-0.3, -0.25) is 9.59 Å². The Labute approximate surface area is 192 Å². The van der Waals surface area contributed by atoms with E-state index in [1.165, 1.54) is 11.1 Å². The van der Waals surface area contributed by atoms with Gasteiger partial charge in [0.2, 0.25) is 11.8 Å². The van der Waals surface area contributed by atoms with Gasteiger partial charge in [-0.05, 0) is 73.9 Å². The van der Waals surface area contributed by atoms with Gasteiger partial charge in [0.05, 0.1) is 11.6 Å². The molecule has 0 spiro atoms. The van der Waals surface area contributed by atoms with Gasteiger partial charge in [0.15, 0.2) is 0 Å². The predicted molar refractivity (Wildman–Crippen MR) is 130 cm³/mol. The summed E-state index contributed by atoms with van der Waals surface area (Å²) in [5.41, 5.74) is 7.80. The Morgan fingerprint density at radius 2 is 1.79 bits per heavy atom. The van der Waals surface area contributed by atoms with E-state index in [9.17, 15) is 9.59 Å². The maximum absolute atomic E-state index is 12.9. The number of carbonyl (C=O) groups is 2. The molecule has 2 aromatic carbocycles. The molecule has 1 saturated heterocycles. The van der Waals surface area contributed by atoms with Crippen molar-refractivity contribution in [3.63, 3.8) is 0 Å². The lowest BCUT2D eigenvalue weighted by Gasteiger charge is -2.18. The molecule has 2 amide bonds. The molecular formula is C27H26N4O2. The van der Waals surface area contributed by atoms with Crippen LogP contribution >= 0.6 is 0 Å². The maximum atomic E-state index is 12.9. The van der Waals surface area contributed by atoms with Gasteiger partial charge in [-0.15, -0.1) is 0 Å². The number of benzene rings is 2. The third kappa shape index (κ3) is 4.12. The summed E-state index contributed by atoms with van der Waals surface area (Å²) in [5.74, 6) is -0.526. The highest BCUT2D eigenvalue weighted by Gasteiger charge is 2.35. The first kappa shape index (κ1) is 20.9. The van der Waals surface area contributed by atoms with Crippen LogP contribution in [0.4, 0.5) is 11.4 Å². The largest absolute Gasteiger partial charge is 0.326 e. The number of hydrogen-bond donors (Lipinski definition) is 1. The lowest BCUT2D eigenvalue weighted by atomic mass is 10.1. The van der Waals surface area contributed by atoms with Gasteiger partial charge < -0.3 is 14.6 Å². The maximum Gasteiger partial charge on any atom is 0.229 e. The molecule has 1 atom stereocenters. The molecule has 6 nitrogen and oxygen atoms in total. The number of aryl methyl sites for hydroxylation is 3. The third-order valence-electron chi connectivity index (χ3n) is 6.36. The molecule has 166 valence electrons. The molecule has 2 aromatic heterocycles. The van der Waals surface area contributed by atoms with Crippen LogP contribution in [0.15, 0.2) is 67.0 Å². The monoisotopic (exact) mass is 438 g/mol. The van der Waals surface area contributed by atoms with E-state index in [4.69, 9.17) is 0 Å². The summed E-state index contributed by atoms with van der Waals surface area (Å²) in [4.78, 5) is 31.8. The van der Waals surface area contributed by atoms with Gasteiger partial charge in [-0.1, -0.05) is 18.2 Å². The fourth-order valence-electron chi connectivity index (χ4n) is 4.22. The fourth-order valence-corrected chi connectivity index (χ4v) is 4.22. The van der Waals surface area contributed by atoms with Crippen molar-refractivity contribution < 1.29 is 9.59 Å². The van der Waals surface area contributed by atoms with Gasteiger partial charge in [0.1, 0.15) is 5.65 Å². The molecular weight excluding hydrogens is 412 g/mol. The molecule has 33 heavy (non-hydrogen) atoms. The number of rotatable bonds is 4. The number of amides is 2. The summed E-state index contributed by atoms with van der Waals surface area (Å²) < 4.78 is 2.00. The van der Waals surface area contributed by atoms with Crippen molar-refractivity contribution in [3.8, 4) is 11.3 Å². The Kier molecular flexibility index (Phi) is 5.21. The number of nitrogens with one attached hydrogen (secondary N) is 1. The number of anilines is 2. The van der Waals surface area contributed by atoms with Gasteiger partial charge in [-0.2, -0.15) is 0 Å². The summed E-state index contributed by atoms with van der Waals surface area (Å²) in [5, 5.41) is 2.97. The minimum atomic E-state index is -0.375. The minimum absolute atomic E-state index is 0.0177. The van der Waals surface area contributed by atoms with Crippen molar-refractivity contribution in [2.75, 3.05) is 16.8 Å². The molecule has 0 aliphatic carbocycles. The Morgan fingerprint density at radius 1 is 1.00 bits per heavy atom. The van der Waals surface area contributed by atoms with E-state index in [1.54, 1.807) is 4.90 Å². The normalized spacial score (nSPS) is 15.9. The molecule has 4 aromatic rings. The summed E-state index contributed by atoms with van der Waals surface area (Å²) >= 11 is 0. The summed E-state index contributed by atoms with van der Waals surface area (Å²) in [6.07, 6.45) is 4.21. The zero-order valence-electron chi connectivity index (χ0n) is 19.0. The van der Waals surface area contributed by atoms with Crippen LogP contribution in [-0.4, -0.2) is 27.7 Å². The van der Waals surface area contributed by atoms with Gasteiger partial charge in [0.25, 0.3) is 0 Å². The molecule has 0 saturated carbocycles. The third-order valence-corrected chi connectivity index (χ3v) is 6.36. The second-order valence-corrected chi connectivity index (χ2v) is 8.84. The van der Waals surface area contributed by atoms with Crippen molar-refractivity contribution in [2.24, 2.45) is 5.92 Å². The van der Waals surface area contributed by atoms with Crippen molar-refractivity contribution in [3.05, 3.63) is 83.7 Å². The highest BCUT2D eigenvalue weighted by atomic mass is 16.2.